The Hall–Kier alpha value is -1.64. The Bertz CT molecular complexity index is 599. The summed E-state index contributed by atoms with van der Waals surface area (Å²) in [5.74, 6) is 0.166. The van der Waals surface area contributed by atoms with Crippen LogP contribution in [-0.4, -0.2) is 34.1 Å². The number of carbonyl (C=O) groups excluding carboxylic acids is 1. The van der Waals surface area contributed by atoms with Gasteiger partial charge in [-0.15, -0.1) is 0 Å². The summed E-state index contributed by atoms with van der Waals surface area (Å²) in [7, 11) is -2.35. The van der Waals surface area contributed by atoms with E-state index in [1.807, 2.05) is 13.8 Å². The number of nitrogens with two attached hydrogens (primary N) is 1. The van der Waals surface area contributed by atoms with Crippen molar-refractivity contribution in [3.8, 4) is 5.75 Å². The molecule has 0 aliphatic rings. The third-order valence-corrected chi connectivity index (χ3v) is 3.52. The van der Waals surface area contributed by atoms with Gasteiger partial charge in [-0.2, -0.15) is 0 Å². The molecule has 0 atom stereocenters. The molecule has 1 aromatic carbocycles. The molecule has 0 bridgehead atoms. The average molecular weight is 316 g/mol. The number of primary sulfonamides is 1. The van der Waals surface area contributed by atoms with Crippen molar-refractivity contribution in [3.05, 3.63) is 23.8 Å². The maximum atomic E-state index is 11.6. The summed E-state index contributed by atoms with van der Waals surface area (Å²) >= 11 is 0. The summed E-state index contributed by atoms with van der Waals surface area (Å²) in [5.41, 5.74) is 0.516. The van der Waals surface area contributed by atoms with Gasteiger partial charge in [0.1, 0.15) is 12.4 Å². The van der Waals surface area contributed by atoms with Crippen LogP contribution in [0.2, 0.25) is 0 Å². The maximum Gasteiger partial charge on any atom is 0.246 e. The molecule has 1 rings (SSSR count). The smallest absolute Gasteiger partial charge is 0.246 e. The Morgan fingerprint density at radius 1 is 1.38 bits per heavy atom. The summed E-state index contributed by atoms with van der Waals surface area (Å²) in [6.45, 7) is 3.71. The van der Waals surface area contributed by atoms with E-state index in [0.717, 1.165) is 0 Å². The van der Waals surface area contributed by atoms with E-state index in [1.165, 1.54) is 25.3 Å². The molecule has 0 radical (unpaired) electrons. The second-order valence-corrected chi connectivity index (χ2v) is 6.22. The third kappa shape index (κ3) is 5.70. The number of amides is 1. The van der Waals surface area contributed by atoms with Crippen LogP contribution >= 0.6 is 0 Å². The third-order valence-electron chi connectivity index (χ3n) is 2.60. The van der Waals surface area contributed by atoms with E-state index in [2.05, 4.69) is 5.32 Å². The van der Waals surface area contributed by atoms with Gasteiger partial charge in [0.15, 0.2) is 0 Å². The van der Waals surface area contributed by atoms with Crippen LogP contribution in [0.5, 0.6) is 5.75 Å². The lowest BCUT2D eigenvalue weighted by molar-refractivity contribution is -0.127. The first-order valence-corrected chi connectivity index (χ1v) is 7.86. The summed E-state index contributed by atoms with van der Waals surface area (Å²) in [6.07, 6.45) is -0.0454. The van der Waals surface area contributed by atoms with Crippen LogP contribution in [0.25, 0.3) is 0 Å². The Kier molecular flexibility index (Phi) is 6.13. The van der Waals surface area contributed by atoms with E-state index in [9.17, 15) is 13.2 Å². The molecular formula is C13H20N2O5S. The molecule has 7 nitrogen and oxygen atoms in total. The Balaban J connectivity index is 2.79. The normalized spacial score (nSPS) is 11.5. The molecule has 21 heavy (non-hydrogen) atoms. The van der Waals surface area contributed by atoms with E-state index < -0.39 is 10.0 Å². The van der Waals surface area contributed by atoms with Gasteiger partial charge < -0.3 is 14.8 Å². The van der Waals surface area contributed by atoms with Crippen molar-refractivity contribution in [1.29, 1.82) is 0 Å². The number of ether oxygens (including phenoxy) is 2. The van der Waals surface area contributed by atoms with Gasteiger partial charge in [0, 0.05) is 12.1 Å². The number of hydrogen-bond acceptors (Lipinski definition) is 5. The fourth-order valence-corrected chi connectivity index (χ4v) is 2.12. The molecule has 1 aromatic rings. The number of rotatable bonds is 7. The lowest BCUT2D eigenvalue weighted by Gasteiger charge is -2.12. The Morgan fingerprint density at radius 2 is 2.05 bits per heavy atom. The first-order chi connectivity index (χ1) is 9.74. The highest BCUT2D eigenvalue weighted by atomic mass is 32.2. The van der Waals surface area contributed by atoms with Gasteiger partial charge in [-0.1, -0.05) is 0 Å². The van der Waals surface area contributed by atoms with Gasteiger partial charge >= 0.3 is 0 Å². The van der Waals surface area contributed by atoms with E-state index >= 15 is 0 Å². The number of hydrogen-bond donors (Lipinski definition) is 2. The molecule has 0 fully saturated rings. The monoisotopic (exact) mass is 316 g/mol. The van der Waals surface area contributed by atoms with Crippen LogP contribution in [0.3, 0.4) is 0 Å². The first kappa shape index (κ1) is 17.4. The molecule has 1 amide bonds. The summed E-state index contributed by atoms with van der Waals surface area (Å²) in [4.78, 5) is 11.5. The number of methoxy groups -OCH3 is 1. The lowest BCUT2D eigenvalue weighted by atomic mass is 10.2. The summed E-state index contributed by atoms with van der Waals surface area (Å²) < 4.78 is 33.0. The first-order valence-electron chi connectivity index (χ1n) is 6.32. The molecule has 0 aromatic heterocycles. The zero-order valence-electron chi connectivity index (χ0n) is 12.3. The predicted octanol–water partition coefficient (Wildman–Crippen LogP) is 0.384. The second-order valence-electron chi connectivity index (χ2n) is 4.66. The van der Waals surface area contributed by atoms with Gasteiger partial charge in [0.2, 0.25) is 15.9 Å². The molecule has 8 heteroatoms. The highest BCUT2D eigenvalue weighted by Crippen LogP contribution is 2.21. The minimum atomic E-state index is -3.80. The summed E-state index contributed by atoms with van der Waals surface area (Å²) in [5, 5.41) is 7.71. The quantitative estimate of drug-likeness (QED) is 0.756. The standard InChI is InChI=1S/C13H20N2O5S/c1-9(2)20-8-13(16)15-7-10-6-11(21(14,17)18)4-5-12(10)19-3/h4-6,9H,7-8H2,1-3H3,(H,15,16)(H2,14,17,18). The van der Waals surface area contributed by atoms with Crippen molar-refractivity contribution in [2.75, 3.05) is 13.7 Å². The van der Waals surface area contributed by atoms with Crippen molar-refractivity contribution in [1.82, 2.24) is 5.32 Å². The van der Waals surface area contributed by atoms with Crippen LogP contribution in [-0.2, 0) is 26.1 Å². The Morgan fingerprint density at radius 3 is 2.57 bits per heavy atom. The van der Waals surface area contributed by atoms with Crippen molar-refractivity contribution in [2.45, 2.75) is 31.4 Å². The molecule has 0 spiro atoms. The van der Waals surface area contributed by atoms with Gasteiger partial charge in [-0.05, 0) is 32.0 Å². The maximum absolute atomic E-state index is 11.6. The fraction of sp³-hybridized carbons (Fsp3) is 0.462. The van der Waals surface area contributed by atoms with Crippen molar-refractivity contribution < 1.29 is 22.7 Å². The Labute approximate surface area is 124 Å². The lowest BCUT2D eigenvalue weighted by Crippen LogP contribution is -2.28. The number of nitrogens with one attached hydrogen (secondary N) is 1. The zero-order chi connectivity index (χ0) is 16.0. The molecule has 0 saturated heterocycles. The highest BCUT2D eigenvalue weighted by molar-refractivity contribution is 7.89. The summed E-state index contributed by atoms with van der Waals surface area (Å²) in [6, 6.07) is 4.21. The van der Waals surface area contributed by atoms with E-state index in [0.29, 0.717) is 11.3 Å². The largest absolute Gasteiger partial charge is 0.496 e. The fourth-order valence-electron chi connectivity index (χ4n) is 1.56. The molecule has 118 valence electrons. The molecule has 0 aliphatic carbocycles. The molecule has 3 N–H and O–H groups in total. The van der Waals surface area contributed by atoms with Gasteiger partial charge in [0.25, 0.3) is 0 Å². The van der Waals surface area contributed by atoms with Crippen LogP contribution < -0.4 is 15.2 Å². The number of carbonyl (C=O) groups is 1. The molecule has 0 unspecified atom stereocenters. The van der Waals surface area contributed by atoms with E-state index in [1.54, 1.807) is 0 Å². The van der Waals surface area contributed by atoms with Gasteiger partial charge in [0.05, 0.1) is 18.1 Å². The molecule has 0 heterocycles. The van der Waals surface area contributed by atoms with Crippen LogP contribution in [0, 0.1) is 0 Å². The van der Waals surface area contributed by atoms with E-state index in [4.69, 9.17) is 14.6 Å². The highest BCUT2D eigenvalue weighted by Gasteiger charge is 2.13. The van der Waals surface area contributed by atoms with Crippen LogP contribution in [0.4, 0.5) is 0 Å². The number of benzene rings is 1. The SMILES string of the molecule is COc1ccc(S(N)(=O)=O)cc1CNC(=O)COC(C)C. The average Bonchev–Trinajstić information content (AvgIpc) is 2.41. The van der Waals surface area contributed by atoms with Crippen molar-refractivity contribution >= 4 is 15.9 Å². The zero-order valence-corrected chi connectivity index (χ0v) is 13.1. The van der Waals surface area contributed by atoms with Crippen molar-refractivity contribution in [3.63, 3.8) is 0 Å². The van der Waals surface area contributed by atoms with Crippen LogP contribution in [0.1, 0.15) is 19.4 Å². The molecule has 0 aliphatic heterocycles. The van der Waals surface area contributed by atoms with Crippen molar-refractivity contribution in [2.24, 2.45) is 5.14 Å². The van der Waals surface area contributed by atoms with Crippen LogP contribution in [0.15, 0.2) is 23.1 Å². The predicted molar refractivity (Wildman–Crippen MR) is 77.3 cm³/mol. The molecular weight excluding hydrogens is 296 g/mol. The van der Waals surface area contributed by atoms with Gasteiger partial charge in [-0.25, -0.2) is 13.6 Å². The second kappa shape index (κ2) is 7.39. The minimum Gasteiger partial charge on any atom is -0.496 e. The number of sulfonamides is 1. The van der Waals surface area contributed by atoms with Gasteiger partial charge in [-0.3, -0.25) is 4.79 Å². The molecule has 0 saturated carbocycles. The minimum absolute atomic E-state index is 0.0361. The van der Waals surface area contributed by atoms with E-state index in [-0.39, 0.29) is 30.1 Å². The topological polar surface area (TPSA) is 108 Å².